The first-order valence-corrected chi connectivity index (χ1v) is 8.41. The normalized spacial score (nSPS) is 15.4. The van der Waals surface area contributed by atoms with E-state index in [4.69, 9.17) is 4.98 Å². The third-order valence-corrected chi connectivity index (χ3v) is 4.93. The predicted molar refractivity (Wildman–Crippen MR) is 93.0 cm³/mol. The van der Waals surface area contributed by atoms with Crippen LogP contribution in [0.1, 0.15) is 48.1 Å². The van der Waals surface area contributed by atoms with Gasteiger partial charge >= 0.3 is 0 Å². The lowest BCUT2D eigenvalue weighted by Crippen LogP contribution is -2.25. The van der Waals surface area contributed by atoms with Crippen LogP contribution in [0.15, 0.2) is 30.3 Å². The summed E-state index contributed by atoms with van der Waals surface area (Å²) in [6, 6.07) is 11.7. The highest BCUT2D eigenvalue weighted by Gasteiger charge is 2.14. The molecule has 22 heavy (non-hydrogen) atoms. The fraction of sp³-hybridized carbons (Fsp3) is 0.450. The van der Waals surface area contributed by atoms with Crippen LogP contribution in [-0.4, -0.2) is 11.0 Å². The van der Waals surface area contributed by atoms with E-state index >= 15 is 0 Å². The lowest BCUT2D eigenvalue weighted by Gasteiger charge is -2.14. The average molecular weight is 294 g/mol. The molecule has 2 heteroatoms. The molecule has 1 saturated carbocycles. The third-order valence-electron chi connectivity index (χ3n) is 4.93. The summed E-state index contributed by atoms with van der Waals surface area (Å²) >= 11 is 0. The highest BCUT2D eigenvalue weighted by Crippen LogP contribution is 2.22. The Labute approximate surface area is 134 Å². The first kappa shape index (κ1) is 15.2. The molecule has 2 aromatic rings. The average Bonchev–Trinajstić information content (AvgIpc) is 3.02. The molecule has 0 bridgehead atoms. The van der Waals surface area contributed by atoms with Crippen LogP contribution in [0.25, 0.3) is 11.3 Å². The summed E-state index contributed by atoms with van der Waals surface area (Å²) in [6.07, 6.45) is 5.40. The summed E-state index contributed by atoms with van der Waals surface area (Å²) in [5.74, 6) is 0. The van der Waals surface area contributed by atoms with Crippen molar-refractivity contribution in [2.45, 2.75) is 59.0 Å². The number of nitrogens with one attached hydrogen (secondary N) is 1. The van der Waals surface area contributed by atoms with Crippen molar-refractivity contribution >= 4 is 0 Å². The van der Waals surface area contributed by atoms with Crippen LogP contribution in [0.3, 0.4) is 0 Å². The van der Waals surface area contributed by atoms with Crippen molar-refractivity contribution in [1.29, 1.82) is 0 Å². The molecule has 0 amide bonds. The van der Waals surface area contributed by atoms with Gasteiger partial charge in [-0.2, -0.15) is 0 Å². The fourth-order valence-electron chi connectivity index (χ4n) is 3.22. The van der Waals surface area contributed by atoms with Gasteiger partial charge in [0, 0.05) is 23.8 Å². The topological polar surface area (TPSA) is 24.9 Å². The highest BCUT2D eigenvalue weighted by molar-refractivity contribution is 5.61. The number of aromatic nitrogens is 1. The van der Waals surface area contributed by atoms with E-state index in [2.05, 4.69) is 56.4 Å². The molecule has 0 unspecified atom stereocenters. The number of nitrogens with zero attached hydrogens (tertiary/aromatic N) is 1. The summed E-state index contributed by atoms with van der Waals surface area (Å²) in [7, 11) is 0. The summed E-state index contributed by atoms with van der Waals surface area (Å²) in [5, 5.41) is 3.67. The van der Waals surface area contributed by atoms with Gasteiger partial charge in [-0.1, -0.05) is 31.0 Å². The molecule has 2 nitrogen and oxygen atoms in total. The number of hydrogen-bond acceptors (Lipinski definition) is 2. The van der Waals surface area contributed by atoms with Crippen molar-refractivity contribution in [1.82, 2.24) is 10.3 Å². The van der Waals surface area contributed by atoms with E-state index in [0.29, 0.717) is 6.04 Å². The van der Waals surface area contributed by atoms with Gasteiger partial charge in [0.2, 0.25) is 0 Å². The molecule has 0 spiro atoms. The van der Waals surface area contributed by atoms with Gasteiger partial charge in [0.15, 0.2) is 0 Å². The van der Waals surface area contributed by atoms with Crippen LogP contribution in [0.2, 0.25) is 0 Å². The van der Waals surface area contributed by atoms with Crippen molar-refractivity contribution in [3.05, 3.63) is 52.7 Å². The van der Waals surface area contributed by atoms with E-state index in [1.165, 1.54) is 47.9 Å². The molecular weight excluding hydrogens is 268 g/mol. The highest BCUT2D eigenvalue weighted by atomic mass is 14.9. The van der Waals surface area contributed by atoms with Crippen LogP contribution in [0.5, 0.6) is 0 Å². The van der Waals surface area contributed by atoms with Crippen LogP contribution in [-0.2, 0) is 6.54 Å². The predicted octanol–water partition coefficient (Wildman–Crippen LogP) is 4.71. The SMILES string of the molecule is Cc1ccc(-c2ccc(CNC3CCCC3)c(C)n2)cc1C. The van der Waals surface area contributed by atoms with Gasteiger partial charge in [-0.05, 0) is 62.4 Å². The standard InChI is InChI=1S/C20H26N2/c1-14-8-9-17(12-15(14)2)20-11-10-18(16(3)22-20)13-21-19-6-4-5-7-19/h8-12,19,21H,4-7,13H2,1-3H3. The Kier molecular flexibility index (Phi) is 4.58. The van der Waals surface area contributed by atoms with E-state index in [-0.39, 0.29) is 0 Å². The van der Waals surface area contributed by atoms with Crippen LogP contribution >= 0.6 is 0 Å². The van der Waals surface area contributed by atoms with Crippen molar-refractivity contribution in [2.75, 3.05) is 0 Å². The molecule has 0 aliphatic heterocycles. The quantitative estimate of drug-likeness (QED) is 0.883. The molecule has 1 heterocycles. The van der Waals surface area contributed by atoms with E-state index in [0.717, 1.165) is 17.9 Å². The smallest absolute Gasteiger partial charge is 0.0705 e. The van der Waals surface area contributed by atoms with E-state index in [1.807, 2.05) is 0 Å². The molecule has 0 atom stereocenters. The minimum atomic E-state index is 0.707. The van der Waals surface area contributed by atoms with Crippen molar-refractivity contribution < 1.29 is 0 Å². The Balaban J connectivity index is 1.74. The summed E-state index contributed by atoms with van der Waals surface area (Å²) in [5.41, 5.74) is 7.40. The Morgan fingerprint density at radius 3 is 2.45 bits per heavy atom. The van der Waals surface area contributed by atoms with Gasteiger partial charge < -0.3 is 5.32 Å². The van der Waals surface area contributed by atoms with Gasteiger partial charge in [0.25, 0.3) is 0 Å². The maximum atomic E-state index is 4.82. The molecule has 0 radical (unpaired) electrons. The summed E-state index contributed by atoms with van der Waals surface area (Å²) in [4.78, 5) is 4.82. The minimum absolute atomic E-state index is 0.707. The monoisotopic (exact) mass is 294 g/mol. The van der Waals surface area contributed by atoms with E-state index in [9.17, 15) is 0 Å². The molecule has 1 aromatic heterocycles. The molecular formula is C20H26N2. The Morgan fingerprint density at radius 1 is 1.00 bits per heavy atom. The van der Waals surface area contributed by atoms with Gasteiger partial charge in [-0.3, -0.25) is 4.98 Å². The lowest BCUT2D eigenvalue weighted by atomic mass is 10.0. The van der Waals surface area contributed by atoms with Crippen molar-refractivity contribution in [3.8, 4) is 11.3 Å². The van der Waals surface area contributed by atoms with Gasteiger partial charge in [-0.15, -0.1) is 0 Å². The molecule has 1 aromatic carbocycles. The number of aryl methyl sites for hydroxylation is 3. The molecule has 3 rings (SSSR count). The van der Waals surface area contributed by atoms with Crippen LogP contribution in [0.4, 0.5) is 0 Å². The first-order chi connectivity index (χ1) is 10.6. The lowest BCUT2D eigenvalue weighted by molar-refractivity contribution is 0.522. The second kappa shape index (κ2) is 6.62. The van der Waals surface area contributed by atoms with Crippen molar-refractivity contribution in [3.63, 3.8) is 0 Å². The van der Waals surface area contributed by atoms with Crippen molar-refractivity contribution in [2.24, 2.45) is 0 Å². The molecule has 116 valence electrons. The minimum Gasteiger partial charge on any atom is -0.310 e. The zero-order valence-electron chi connectivity index (χ0n) is 13.9. The van der Waals surface area contributed by atoms with Crippen LogP contribution < -0.4 is 5.32 Å². The molecule has 1 fully saturated rings. The van der Waals surface area contributed by atoms with E-state index in [1.54, 1.807) is 0 Å². The van der Waals surface area contributed by atoms with E-state index < -0.39 is 0 Å². The maximum absolute atomic E-state index is 4.82. The van der Waals surface area contributed by atoms with Gasteiger partial charge in [0.1, 0.15) is 0 Å². The number of benzene rings is 1. The summed E-state index contributed by atoms with van der Waals surface area (Å²) in [6.45, 7) is 7.37. The Morgan fingerprint density at radius 2 is 1.77 bits per heavy atom. The zero-order chi connectivity index (χ0) is 15.5. The van der Waals surface area contributed by atoms with Gasteiger partial charge in [-0.25, -0.2) is 0 Å². The number of hydrogen-bond donors (Lipinski definition) is 1. The second-order valence-electron chi connectivity index (χ2n) is 6.60. The number of rotatable bonds is 4. The molecule has 0 saturated heterocycles. The molecule has 1 aliphatic rings. The maximum Gasteiger partial charge on any atom is 0.0705 e. The zero-order valence-corrected chi connectivity index (χ0v) is 13.9. The first-order valence-electron chi connectivity index (χ1n) is 8.41. The number of pyridine rings is 1. The Bertz CT molecular complexity index is 655. The molecule has 1 aliphatic carbocycles. The summed E-state index contributed by atoms with van der Waals surface area (Å²) < 4.78 is 0. The largest absolute Gasteiger partial charge is 0.310 e. The third kappa shape index (κ3) is 3.38. The van der Waals surface area contributed by atoms with Crippen LogP contribution in [0, 0.1) is 20.8 Å². The second-order valence-corrected chi connectivity index (χ2v) is 6.60. The molecule has 1 N–H and O–H groups in total. The van der Waals surface area contributed by atoms with Gasteiger partial charge in [0.05, 0.1) is 5.69 Å². The Hall–Kier alpha value is -1.67. The fourth-order valence-corrected chi connectivity index (χ4v) is 3.22.